The number of rotatable bonds is 8. The highest BCUT2D eigenvalue weighted by atomic mass is 32.1. The molecule has 0 unspecified atom stereocenters. The van der Waals surface area contributed by atoms with Crippen molar-refractivity contribution in [3.8, 4) is 0 Å². The Morgan fingerprint density at radius 1 is 1.20 bits per heavy atom. The van der Waals surface area contributed by atoms with Crippen molar-refractivity contribution in [1.82, 2.24) is 9.80 Å². The van der Waals surface area contributed by atoms with E-state index in [4.69, 9.17) is 4.74 Å². The van der Waals surface area contributed by atoms with Gasteiger partial charge in [-0.15, -0.1) is 11.3 Å². The van der Waals surface area contributed by atoms with Crippen LogP contribution in [0.25, 0.3) is 0 Å². The normalized spacial score (nSPS) is 18.2. The van der Waals surface area contributed by atoms with Crippen molar-refractivity contribution >= 4 is 23.2 Å². The Kier molecular flexibility index (Phi) is 6.54. The van der Waals surface area contributed by atoms with Crippen LogP contribution in [0, 0.1) is 12.8 Å². The Morgan fingerprint density at radius 2 is 1.97 bits per heavy atom. The van der Waals surface area contributed by atoms with Crippen LogP contribution in [0.5, 0.6) is 0 Å². The molecule has 1 aliphatic carbocycles. The number of carbonyl (C=O) groups excluding carboxylic acids is 2. The number of aryl methyl sites for hydroxylation is 1. The average molecular weight is 427 g/mol. The minimum atomic E-state index is -0.0787. The Hall–Kier alpha value is -2.18. The zero-order valence-corrected chi connectivity index (χ0v) is 18.6. The summed E-state index contributed by atoms with van der Waals surface area (Å²) in [4.78, 5) is 31.3. The maximum Gasteiger partial charge on any atom is 0.242 e. The number of hydrogen-bond donors (Lipinski definition) is 0. The molecule has 6 heteroatoms. The van der Waals surface area contributed by atoms with Gasteiger partial charge in [0.25, 0.3) is 0 Å². The average Bonchev–Trinajstić information content (AvgIpc) is 3.49. The number of methoxy groups -OCH3 is 1. The molecule has 160 valence electrons. The SMILES string of the molecule is COCCCN(CC(=O)N1CCc2sccc2[C@H]1c1ccc(C)cc1)C(=O)C1CC1. The monoisotopic (exact) mass is 426 g/mol. The molecule has 1 aliphatic heterocycles. The summed E-state index contributed by atoms with van der Waals surface area (Å²) >= 11 is 1.77. The highest BCUT2D eigenvalue weighted by Gasteiger charge is 2.37. The van der Waals surface area contributed by atoms with E-state index in [-0.39, 0.29) is 30.3 Å². The highest BCUT2D eigenvalue weighted by Crippen LogP contribution is 2.38. The second kappa shape index (κ2) is 9.31. The maximum absolute atomic E-state index is 13.5. The van der Waals surface area contributed by atoms with Gasteiger partial charge in [0.05, 0.1) is 12.6 Å². The van der Waals surface area contributed by atoms with E-state index in [0.717, 1.165) is 31.2 Å². The van der Waals surface area contributed by atoms with E-state index in [2.05, 4.69) is 42.6 Å². The third kappa shape index (κ3) is 4.60. The second-order valence-corrected chi connectivity index (χ2v) is 9.33. The number of amides is 2. The predicted octanol–water partition coefficient (Wildman–Crippen LogP) is 3.81. The van der Waals surface area contributed by atoms with Gasteiger partial charge in [-0.1, -0.05) is 29.8 Å². The van der Waals surface area contributed by atoms with Crippen molar-refractivity contribution in [2.75, 3.05) is 33.4 Å². The third-order valence-corrected chi connectivity index (χ3v) is 7.02. The van der Waals surface area contributed by atoms with Gasteiger partial charge in [0.2, 0.25) is 11.8 Å². The molecule has 4 rings (SSSR count). The van der Waals surface area contributed by atoms with Crippen LogP contribution in [0.1, 0.15) is 46.9 Å². The lowest BCUT2D eigenvalue weighted by atomic mass is 9.92. The molecule has 1 atom stereocenters. The van der Waals surface area contributed by atoms with Gasteiger partial charge in [-0.25, -0.2) is 0 Å². The zero-order chi connectivity index (χ0) is 21.1. The molecule has 2 amide bonds. The molecule has 0 N–H and O–H groups in total. The molecule has 5 nitrogen and oxygen atoms in total. The number of thiophene rings is 1. The summed E-state index contributed by atoms with van der Waals surface area (Å²) in [5.74, 6) is 0.265. The molecule has 2 aromatic rings. The minimum Gasteiger partial charge on any atom is -0.385 e. The van der Waals surface area contributed by atoms with E-state index in [1.165, 1.54) is 16.0 Å². The molecule has 2 heterocycles. The van der Waals surface area contributed by atoms with Gasteiger partial charge in [-0.3, -0.25) is 9.59 Å². The fourth-order valence-electron chi connectivity index (χ4n) is 4.20. The largest absolute Gasteiger partial charge is 0.385 e. The van der Waals surface area contributed by atoms with Gasteiger partial charge in [0.15, 0.2) is 0 Å². The quantitative estimate of drug-likeness (QED) is 0.603. The molecule has 1 saturated carbocycles. The molecule has 0 spiro atoms. The van der Waals surface area contributed by atoms with Crippen molar-refractivity contribution in [2.24, 2.45) is 5.92 Å². The first-order chi connectivity index (χ1) is 14.6. The number of nitrogens with zero attached hydrogens (tertiary/aromatic N) is 2. The molecule has 1 fully saturated rings. The van der Waals surface area contributed by atoms with E-state index < -0.39 is 0 Å². The molecule has 2 aliphatic rings. The fraction of sp³-hybridized carbons (Fsp3) is 0.500. The summed E-state index contributed by atoms with van der Waals surface area (Å²) < 4.78 is 5.15. The van der Waals surface area contributed by atoms with Crippen LogP contribution in [0.2, 0.25) is 0 Å². The number of fused-ring (bicyclic) bond motifs is 1. The summed E-state index contributed by atoms with van der Waals surface area (Å²) in [5.41, 5.74) is 3.56. The lowest BCUT2D eigenvalue weighted by Gasteiger charge is -2.37. The van der Waals surface area contributed by atoms with Gasteiger partial charge in [0.1, 0.15) is 0 Å². The molecule has 1 aromatic carbocycles. The molecular weight excluding hydrogens is 396 g/mol. The Balaban J connectivity index is 1.55. The van der Waals surface area contributed by atoms with Gasteiger partial charge in [-0.2, -0.15) is 0 Å². The number of ether oxygens (including phenoxy) is 1. The first-order valence-electron chi connectivity index (χ1n) is 10.8. The third-order valence-electron chi connectivity index (χ3n) is 6.02. The Morgan fingerprint density at radius 3 is 2.67 bits per heavy atom. The first-order valence-corrected chi connectivity index (χ1v) is 11.7. The predicted molar refractivity (Wildman–Crippen MR) is 119 cm³/mol. The van der Waals surface area contributed by atoms with E-state index in [9.17, 15) is 9.59 Å². The van der Waals surface area contributed by atoms with Crippen LogP contribution >= 0.6 is 11.3 Å². The Bertz CT molecular complexity index is 888. The smallest absolute Gasteiger partial charge is 0.242 e. The summed E-state index contributed by atoms with van der Waals surface area (Å²) in [5, 5.41) is 2.12. The number of carbonyl (C=O) groups is 2. The second-order valence-electron chi connectivity index (χ2n) is 8.33. The van der Waals surface area contributed by atoms with Crippen molar-refractivity contribution < 1.29 is 14.3 Å². The summed E-state index contributed by atoms with van der Waals surface area (Å²) in [6.07, 6.45) is 3.52. The van der Waals surface area contributed by atoms with Crippen LogP contribution in [-0.2, 0) is 20.7 Å². The minimum absolute atomic E-state index is 0.0313. The molecule has 30 heavy (non-hydrogen) atoms. The topological polar surface area (TPSA) is 49.9 Å². The van der Waals surface area contributed by atoms with Crippen molar-refractivity contribution in [2.45, 2.75) is 38.6 Å². The van der Waals surface area contributed by atoms with E-state index in [1.54, 1.807) is 23.3 Å². The summed E-state index contributed by atoms with van der Waals surface area (Å²) in [6.45, 7) is 4.08. The lowest BCUT2D eigenvalue weighted by molar-refractivity contribution is -0.142. The van der Waals surface area contributed by atoms with Gasteiger partial charge in [-0.05, 0) is 55.2 Å². The Labute approximate surface area is 182 Å². The van der Waals surface area contributed by atoms with Gasteiger partial charge in [0, 0.05) is 37.6 Å². The van der Waals surface area contributed by atoms with Crippen LogP contribution in [0.4, 0.5) is 0 Å². The molecule has 0 saturated heterocycles. The van der Waals surface area contributed by atoms with Crippen molar-refractivity contribution in [3.63, 3.8) is 0 Å². The first kappa shape index (κ1) is 21.1. The molecule has 0 radical (unpaired) electrons. The highest BCUT2D eigenvalue weighted by molar-refractivity contribution is 7.10. The summed E-state index contributed by atoms with van der Waals surface area (Å²) in [6, 6.07) is 10.5. The molecule has 1 aromatic heterocycles. The standard InChI is InChI=1S/C24H30N2O3S/c1-17-4-6-18(7-5-17)23-20-11-15-30-21(20)10-13-26(23)22(27)16-25(12-3-14-29-2)24(28)19-8-9-19/h4-7,11,15,19,23H,3,8-10,12-14,16H2,1-2H3/t23-/m1/s1. The molecular formula is C24H30N2O3S. The van der Waals surface area contributed by atoms with Crippen LogP contribution in [-0.4, -0.2) is 55.0 Å². The van der Waals surface area contributed by atoms with Crippen LogP contribution in [0.15, 0.2) is 35.7 Å². The zero-order valence-electron chi connectivity index (χ0n) is 17.8. The number of benzene rings is 1. The summed E-state index contributed by atoms with van der Waals surface area (Å²) in [7, 11) is 1.66. The maximum atomic E-state index is 13.5. The number of hydrogen-bond acceptors (Lipinski definition) is 4. The van der Waals surface area contributed by atoms with E-state index in [0.29, 0.717) is 19.7 Å². The van der Waals surface area contributed by atoms with Gasteiger partial charge < -0.3 is 14.5 Å². The van der Waals surface area contributed by atoms with Crippen LogP contribution in [0.3, 0.4) is 0 Å². The molecule has 0 bridgehead atoms. The van der Waals surface area contributed by atoms with Crippen molar-refractivity contribution in [3.05, 3.63) is 57.3 Å². The lowest BCUT2D eigenvalue weighted by Crippen LogP contribution is -2.47. The van der Waals surface area contributed by atoms with Crippen LogP contribution < -0.4 is 0 Å². The van der Waals surface area contributed by atoms with E-state index >= 15 is 0 Å². The van der Waals surface area contributed by atoms with Gasteiger partial charge >= 0.3 is 0 Å². The van der Waals surface area contributed by atoms with E-state index in [1.807, 2.05) is 4.90 Å². The van der Waals surface area contributed by atoms with Crippen molar-refractivity contribution in [1.29, 1.82) is 0 Å². The fourth-order valence-corrected chi connectivity index (χ4v) is 5.11.